The third kappa shape index (κ3) is 4.71. The second-order valence-corrected chi connectivity index (χ2v) is 7.14. The number of carbonyl (C=O) groups is 1. The molecule has 3 N–H and O–H groups in total. The average molecular weight is 351 g/mol. The van der Waals surface area contributed by atoms with Crippen molar-refractivity contribution in [2.45, 2.75) is 45.2 Å². The van der Waals surface area contributed by atoms with Crippen LogP contribution in [0.1, 0.15) is 43.0 Å². The second-order valence-electron chi connectivity index (χ2n) is 7.14. The minimum atomic E-state index is -0.0957. The van der Waals surface area contributed by atoms with Crippen LogP contribution in [0.4, 0.5) is 0 Å². The molecule has 138 valence electrons. The van der Waals surface area contributed by atoms with E-state index in [9.17, 15) is 4.79 Å². The quantitative estimate of drug-likeness (QED) is 0.718. The molecule has 2 aromatic carbocycles. The molecule has 0 bridgehead atoms. The Morgan fingerprint density at radius 3 is 2.54 bits per heavy atom. The van der Waals surface area contributed by atoms with Crippen LogP contribution in [0.15, 0.2) is 54.6 Å². The van der Waals surface area contributed by atoms with Crippen LogP contribution in [-0.4, -0.2) is 18.5 Å². The molecule has 4 heteroatoms. The molecule has 4 nitrogen and oxygen atoms in total. The maximum atomic E-state index is 12.8. The van der Waals surface area contributed by atoms with Crippen LogP contribution in [0.5, 0.6) is 0 Å². The molecule has 0 aromatic heterocycles. The highest BCUT2D eigenvalue weighted by molar-refractivity contribution is 5.80. The first-order valence-electron chi connectivity index (χ1n) is 9.59. The molecule has 1 aliphatic heterocycles. The summed E-state index contributed by atoms with van der Waals surface area (Å²) in [6.45, 7) is 4.89. The Morgan fingerprint density at radius 2 is 1.85 bits per heavy atom. The summed E-state index contributed by atoms with van der Waals surface area (Å²) >= 11 is 0. The maximum Gasteiger partial charge on any atom is 0.226 e. The van der Waals surface area contributed by atoms with Gasteiger partial charge in [-0.2, -0.15) is 0 Å². The molecular formula is C22H29N3O. The molecule has 1 fully saturated rings. The summed E-state index contributed by atoms with van der Waals surface area (Å²) in [5.74, 6) is 0.0225. The number of nitrogens with one attached hydrogen (secondary N) is 3. The predicted octanol–water partition coefficient (Wildman–Crippen LogP) is 3.15. The van der Waals surface area contributed by atoms with Gasteiger partial charge in [-0.15, -0.1) is 0 Å². The standard InChI is InChI=1S/C22H29N3O/c1-3-17-11-13-19(14-12-17)21-20(15-23-25-21)22(26)24-16(2)9-10-18-7-5-4-6-8-18/h4-8,11-14,16,20-21,23,25H,3,9-10,15H2,1-2H3,(H,24,26). The Morgan fingerprint density at radius 1 is 1.12 bits per heavy atom. The fourth-order valence-electron chi connectivity index (χ4n) is 3.47. The molecule has 3 atom stereocenters. The van der Waals surface area contributed by atoms with Crippen molar-refractivity contribution in [3.05, 3.63) is 71.3 Å². The lowest BCUT2D eigenvalue weighted by molar-refractivity contribution is -0.125. The highest BCUT2D eigenvalue weighted by atomic mass is 16.2. The fourth-order valence-corrected chi connectivity index (χ4v) is 3.47. The lowest BCUT2D eigenvalue weighted by Gasteiger charge is -2.21. The second kappa shape index (κ2) is 8.97. The van der Waals surface area contributed by atoms with Gasteiger partial charge >= 0.3 is 0 Å². The normalized spacial score (nSPS) is 20.7. The maximum absolute atomic E-state index is 12.8. The zero-order valence-corrected chi connectivity index (χ0v) is 15.7. The van der Waals surface area contributed by atoms with Crippen molar-refractivity contribution in [3.63, 3.8) is 0 Å². The molecule has 3 rings (SSSR count). The van der Waals surface area contributed by atoms with Crippen molar-refractivity contribution >= 4 is 5.91 Å². The number of aryl methyl sites for hydroxylation is 2. The first-order chi connectivity index (χ1) is 12.7. The molecule has 0 spiro atoms. The predicted molar refractivity (Wildman–Crippen MR) is 106 cm³/mol. The molecule has 0 saturated carbocycles. The van der Waals surface area contributed by atoms with Gasteiger partial charge in [0.1, 0.15) is 0 Å². The van der Waals surface area contributed by atoms with Gasteiger partial charge < -0.3 is 5.32 Å². The average Bonchev–Trinajstić information content (AvgIpc) is 3.17. The van der Waals surface area contributed by atoms with Crippen molar-refractivity contribution in [3.8, 4) is 0 Å². The van der Waals surface area contributed by atoms with Crippen LogP contribution >= 0.6 is 0 Å². The summed E-state index contributed by atoms with van der Waals surface area (Å²) in [6, 6.07) is 19.1. The van der Waals surface area contributed by atoms with E-state index in [1.807, 2.05) is 6.07 Å². The molecule has 0 radical (unpaired) electrons. The van der Waals surface area contributed by atoms with Crippen molar-refractivity contribution in [1.29, 1.82) is 0 Å². The van der Waals surface area contributed by atoms with E-state index in [1.165, 1.54) is 11.1 Å². The number of amides is 1. The van der Waals surface area contributed by atoms with Crippen LogP contribution in [0, 0.1) is 5.92 Å². The zero-order chi connectivity index (χ0) is 18.4. The first kappa shape index (κ1) is 18.6. The molecule has 3 unspecified atom stereocenters. The summed E-state index contributed by atoms with van der Waals surface area (Å²) in [5, 5.41) is 3.20. The van der Waals surface area contributed by atoms with Gasteiger partial charge in [-0.1, -0.05) is 61.5 Å². The largest absolute Gasteiger partial charge is 0.353 e. The zero-order valence-electron chi connectivity index (χ0n) is 15.7. The summed E-state index contributed by atoms with van der Waals surface area (Å²) < 4.78 is 0. The monoisotopic (exact) mass is 351 g/mol. The number of rotatable bonds is 7. The molecule has 1 amide bonds. The summed E-state index contributed by atoms with van der Waals surface area (Å²) in [6.07, 6.45) is 2.95. The van der Waals surface area contributed by atoms with E-state index < -0.39 is 0 Å². The van der Waals surface area contributed by atoms with E-state index >= 15 is 0 Å². The Hall–Kier alpha value is -2.17. The van der Waals surface area contributed by atoms with Crippen LogP contribution in [0.3, 0.4) is 0 Å². The fraction of sp³-hybridized carbons (Fsp3) is 0.409. The lowest BCUT2D eigenvalue weighted by Crippen LogP contribution is -2.40. The third-order valence-electron chi connectivity index (χ3n) is 5.16. The van der Waals surface area contributed by atoms with Gasteiger partial charge in [0.05, 0.1) is 12.0 Å². The number of benzene rings is 2. The van der Waals surface area contributed by atoms with E-state index in [4.69, 9.17) is 0 Å². The molecular weight excluding hydrogens is 322 g/mol. The van der Waals surface area contributed by atoms with Crippen molar-refractivity contribution in [2.24, 2.45) is 5.92 Å². The van der Waals surface area contributed by atoms with E-state index in [1.54, 1.807) is 0 Å². The van der Waals surface area contributed by atoms with Gasteiger partial charge in [-0.3, -0.25) is 10.2 Å². The Balaban J connectivity index is 1.55. The number of carbonyl (C=O) groups excluding carboxylic acids is 1. The van der Waals surface area contributed by atoms with Gasteiger partial charge in [0.2, 0.25) is 5.91 Å². The summed E-state index contributed by atoms with van der Waals surface area (Å²) in [5.41, 5.74) is 10.2. The molecule has 1 heterocycles. The molecule has 1 saturated heterocycles. The van der Waals surface area contributed by atoms with Gasteiger partial charge in [0, 0.05) is 12.6 Å². The van der Waals surface area contributed by atoms with Gasteiger partial charge in [0.25, 0.3) is 0 Å². The summed E-state index contributed by atoms with van der Waals surface area (Å²) in [7, 11) is 0. The Labute approximate surface area is 156 Å². The van der Waals surface area contributed by atoms with E-state index in [0.29, 0.717) is 6.54 Å². The molecule has 1 aliphatic rings. The van der Waals surface area contributed by atoms with Crippen LogP contribution in [-0.2, 0) is 17.6 Å². The molecule has 26 heavy (non-hydrogen) atoms. The smallest absolute Gasteiger partial charge is 0.226 e. The van der Waals surface area contributed by atoms with Crippen LogP contribution < -0.4 is 16.2 Å². The number of hydrogen-bond donors (Lipinski definition) is 3. The number of hydrazine groups is 1. The molecule has 0 aliphatic carbocycles. The summed E-state index contributed by atoms with van der Waals surface area (Å²) in [4.78, 5) is 12.8. The van der Waals surface area contributed by atoms with Crippen molar-refractivity contribution in [1.82, 2.24) is 16.2 Å². The van der Waals surface area contributed by atoms with Crippen molar-refractivity contribution in [2.75, 3.05) is 6.54 Å². The van der Waals surface area contributed by atoms with Crippen LogP contribution in [0.2, 0.25) is 0 Å². The lowest BCUT2D eigenvalue weighted by atomic mass is 9.93. The highest BCUT2D eigenvalue weighted by Crippen LogP contribution is 2.25. The van der Waals surface area contributed by atoms with E-state index in [0.717, 1.165) is 24.8 Å². The topological polar surface area (TPSA) is 53.2 Å². The molecule has 2 aromatic rings. The minimum absolute atomic E-state index is 0.0160. The van der Waals surface area contributed by atoms with Crippen LogP contribution in [0.25, 0.3) is 0 Å². The Kier molecular flexibility index (Phi) is 6.42. The van der Waals surface area contributed by atoms with Crippen molar-refractivity contribution < 1.29 is 4.79 Å². The van der Waals surface area contributed by atoms with E-state index in [2.05, 4.69) is 78.5 Å². The van der Waals surface area contributed by atoms with Gasteiger partial charge in [-0.25, -0.2) is 5.43 Å². The Bertz CT molecular complexity index is 699. The third-order valence-corrected chi connectivity index (χ3v) is 5.16. The van der Waals surface area contributed by atoms with Gasteiger partial charge in [0.15, 0.2) is 0 Å². The van der Waals surface area contributed by atoms with Gasteiger partial charge in [-0.05, 0) is 42.9 Å². The first-order valence-corrected chi connectivity index (χ1v) is 9.59. The highest BCUT2D eigenvalue weighted by Gasteiger charge is 2.34. The van der Waals surface area contributed by atoms with E-state index in [-0.39, 0.29) is 23.9 Å². The number of hydrogen-bond acceptors (Lipinski definition) is 3. The SMILES string of the molecule is CCc1ccc(C2NNCC2C(=O)NC(C)CCc2ccccc2)cc1. The minimum Gasteiger partial charge on any atom is -0.353 e.